The zero-order chi connectivity index (χ0) is 17.6. The van der Waals surface area contributed by atoms with Gasteiger partial charge in [-0.3, -0.25) is 4.79 Å². The topological polar surface area (TPSA) is 60.1 Å². The molecule has 1 N–H and O–H groups in total. The molecule has 2 aromatic heterocycles. The minimum atomic E-state index is -0.207. The maximum atomic E-state index is 12.3. The maximum absolute atomic E-state index is 12.3. The molecular weight excluding hydrogens is 314 g/mol. The minimum Gasteiger partial charge on any atom is -0.460 e. The lowest BCUT2D eigenvalue weighted by molar-refractivity contribution is -0.116. The van der Waals surface area contributed by atoms with E-state index in [4.69, 9.17) is 4.42 Å². The fourth-order valence-corrected chi connectivity index (χ4v) is 3.28. The molecule has 3 aromatic rings. The Hall–Kier alpha value is -2.82. The van der Waals surface area contributed by atoms with Crippen LogP contribution in [-0.4, -0.2) is 15.7 Å². The first kappa shape index (κ1) is 15.7. The van der Waals surface area contributed by atoms with Gasteiger partial charge in [0.1, 0.15) is 17.3 Å². The number of anilines is 1. The minimum absolute atomic E-state index is 0.0128. The van der Waals surface area contributed by atoms with E-state index in [1.807, 2.05) is 53.3 Å². The van der Waals surface area contributed by atoms with Gasteiger partial charge in [-0.1, -0.05) is 30.3 Å². The van der Waals surface area contributed by atoms with Crippen LogP contribution in [0.5, 0.6) is 0 Å². The van der Waals surface area contributed by atoms with Crippen molar-refractivity contribution in [2.24, 2.45) is 0 Å². The number of hydrogen-bond acceptors (Lipinski definition) is 3. The summed E-state index contributed by atoms with van der Waals surface area (Å²) in [6, 6.07) is 13.9. The molecule has 0 aliphatic carbocycles. The van der Waals surface area contributed by atoms with Crippen LogP contribution in [0.3, 0.4) is 0 Å². The first-order valence-electron chi connectivity index (χ1n) is 8.47. The number of carbonyl (C=O) groups is 1. The number of hydrogen-bond donors (Lipinski definition) is 1. The van der Waals surface area contributed by atoms with Crippen LogP contribution in [0.4, 0.5) is 5.82 Å². The molecule has 1 unspecified atom stereocenters. The summed E-state index contributed by atoms with van der Waals surface area (Å²) in [6.45, 7) is 6.20. The summed E-state index contributed by atoms with van der Waals surface area (Å²) in [5.74, 6) is 2.25. The van der Waals surface area contributed by atoms with E-state index in [9.17, 15) is 4.79 Å². The van der Waals surface area contributed by atoms with Crippen molar-refractivity contribution >= 4 is 11.7 Å². The highest BCUT2D eigenvalue weighted by Crippen LogP contribution is 2.40. The Morgan fingerprint density at radius 1 is 1.16 bits per heavy atom. The Morgan fingerprint density at radius 3 is 2.64 bits per heavy atom. The number of aromatic nitrogens is 2. The van der Waals surface area contributed by atoms with Crippen molar-refractivity contribution < 1.29 is 9.21 Å². The van der Waals surface area contributed by atoms with Crippen molar-refractivity contribution in [3.05, 3.63) is 60.0 Å². The number of furan rings is 1. The number of nitrogens with zero attached hydrogens (tertiary/aromatic N) is 2. The highest BCUT2D eigenvalue weighted by molar-refractivity contribution is 5.94. The van der Waals surface area contributed by atoms with Crippen molar-refractivity contribution in [3.63, 3.8) is 0 Å². The summed E-state index contributed by atoms with van der Waals surface area (Å²) in [4.78, 5) is 12.3. The normalized spacial score (nSPS) is 17.2. The van der Waals surface area contributed by atoms with Gasteiger partial charge in [-0.05, 0) is 32.9 Å². The first-order chi connectivity index (χ1) is 11.9. The van der Waals surface area contributed by atoms with Crippen LogP contribution in [0.1, 0.15) is 44.4 Å². The third kappa shape index (κ3) is 2.76. The largest absolute Gasteiger partial charge is 0.460 e. The fourth-order valence-electron chi connectivity index (χ4n) is 3.28. The third-order valence-electron chi connectivity index (χ3n) is 4.48. The Labute approximate surface area is 146 Å². The number of benzene rings is 1. The van der Waals surface area contributed by atoms with Crippen molar-refractivity contribution in [2.45, 2.75) is 38.6 Å². The molecule has 5 nitrogen and oxygen atoms in total. The molecule has 25 heavy (non-hydrogen) atoms. The predicted molar refractivity (Wildman–Crippen MR) is 96.5 cm³/mol. The van der Waals surface area contributed by atoms with Crippen molar-refractivity contribution in [2.75, 3.05) is 5.32 Å². The van der Waals surface area contributed by atoms with E-state index < -0.39 is 0 Å². The van der Waals surface area contributed by atoms with Crippen LogP contribution >= 0.6 is 0 Å². The first-order valence-corrected chi connectivity index (χ1v) is 8.47. The van der Waals surface area contributed by atoms with E-state index in [0.29, 0.717) is 6.42 Å². The van der Waals surface area contributed by atoms with E-state index in [-0.39, 0.29) is 17.4 Å². The highest BCUT2D eigenvalue weighted by atomic mass is 16.3. The van der Waals surface area contributed by atoms with Gasteiger partial charge in [0.25, 0.3) is 0 Å². The fraction of sp³-hybridized carbons (Fsp3) is 0.300. The van der Waals surface area contributed by atoms with Crippen molar-refractivity contribution in [3.8, 4) is 11.3 Å². The highest BCUT2D eigenvalue weighted by Gasteiger charge is 2.34. The molecular formula is C20H21N3O2. The van der Waals surface area contributed by atoms with Crippen molar-refractivity contribution in [1.29, 1.82) is 0 Å². The Morgan fingerprint density at radius 2 is 1.92 bits per heavy atom. The van der Waals surface area contributed by atoms with Gasteiger partial charge in [-0.15, -0.1) is 0 Å². The van der Waals surface area contributed by atoms with E-state index in [1.165, 1.54) is 0 Å². The lowest BCUT2D eigenvalue weighted by atomic mass is 9.92. The van der Waals surface area contributed by atoms with E-state index >= 15 is 0 Å². The van der Waals surface area contributed by atoms with Gasteiger partial charge < -0.3 is 9.73 Å². The molecule has 128 valence electrons. The molecule has 1 amide bonds. The van der Waals surface area contributed by atoms with Crippen LogP contribution in [0.15, 0.2) is 53.1 Å². The molecule has 0 fully saturated rings. The van der Waals surface area contributed by atoms with E-state index in [2.05, 4.69) is 31.2 Å². The Balaban J connectivity index is 1.75. The van der Waals surface area contributed by atoms with E-state index in [0.717, 1.165) is 28.5 Å². The molecule has 0 bridgehead atoms. The number of fused-ring (bicyclic) bond motifs is 1. The quantitative estimate of drug-likeness (QED) is 0.756. The van der Waals surface area contributed by atoms with Gasteiger partial charge in [0.05, 0.1) is 17.7 Å². The average molecular weight is 335 g/mol. The summed E-state index contributed by atoms with van der Waals surface area (Å²) in [6.07, 6.45) is 2.21. The lowest BCUT2D eigenvalue weighted by Crippen LogP contribution is -2.30. The number of nitrogens with one attached hydrogen (secondary N) is 1. The number of amides is 1. The second-order valence-electron chi connectivity index (χ2n) is 7.40. The zero-order valence-electron chi connectivity index (χ0n) is 14.6. The van der Waals surface area contributed by atoms with Gasteiger partial charge >= 0.3 is 0 Å². The summed E-state index contributed by atoms with van der Waals surface area (Å²) in [7, 11) is 0. The molecule has 0 saturated heterocycles. The molecule has 1 atom stereocenters. The van der Waals surface area contributed by atoms with Crippen LogP contribution in [-0.2, 0) is 10.3 Å². The van der Waals surface area contributed by atoms with Crippen molar-refractivity contribution in [1.82, 2.24) is 9.78 Å². The maximum Gasteiger partial charge on any atom is 0.226 e. The SMILES string of the molecule is CC(C)(C)n1ncc2c1NC(=O)CC2c1ccc(-c2ccccc2)o1. The lowest BCUT2D eigenvalue weighted by Gasteiger charge is -2.27. The molecule has 0 radical (unpaired) electrons. The molecule has 0 spiro atoms. The Kier molecular flexibility index (Phi) is 3.53. The standard InChI is InChI=1S/C20H21N3O2/c1-20(2,3)23-19-15(12-21-23)14(11-18(24)22-19)17-10-9-16(25-17)13-7-5-4-6-8-13/h4-10,12,14H,11H2,1-3H3,(H,22,24). The smallest absolute Gasteiger partial charge is 0.226 e. The molecule has 4 rings (SSSR count). The summed E-state index contributed by atoms with van der Waals surface area (Å²) >= 11 is 0. The third-order valence-corrected chi connectivity index (χ3v) is 4.48. The van der Waals surface area contributed by atoms with Gasteiger partial charge in [-0.2, -0.15) is 5.10 Å². The number of carbonyl (C=O) groups excluding carboxylic acids is 1. The van der Waals surface area contributed by atoms with Crippen LogP contribution < -0.4 is 5.32 Å². The van der Waals surface area contributed by atoms with Crippen LogP contribution in [0.25, 0.3) is 11.3 Å². The van der Waals surface area contributed by atoms with Gasteiger partial charge in [0.2, 0.25) is 5.91 Å². The van der Waals surface area contributed by atoms with E-state index in [1.54, 1.807) is 0 Å². The summed E-state index contributed by atoms with van der Waals surface area (Å²) < 4.78 is 7.96. The molecule has 3 heterocycles. The molecule has 1 aliphatic rings. The monoisotopic (exact) mass is 335 g/mol. The molecule has 5 heteroatoms. The molecule has 1 aliphatic heterocycles. The van der Waals surface area contributed by atoms with Crippen LogP contribution in [0, 0.1) is 0 Å². The average Bonchev–Trinajstić information content (AvgIpc) is 3.21. The summed E-state index contributed by atoms with van der Waals surface area (Å²) in [5, 5.41) is 7.48. The zero-order valence-corrected chi connectivity index (χ0v) is 14.6. The van der Waals surface area contributed by atoms with Crippen LogP contribution in [0.2, 0.25) is 0 Å². The molecule has 0 saturated carbocycles. The number of rotatable bonds is 2. The molecule has 1 aromatic carbocycles. The van der Waals surface area contributed by atoms with Gasteiger partial charge in [0, 0.05) is 17.5 Å². The Bertz CT molecular complexity index is 916. The second-order valence-corrected chi connectivity index (χ2v) is 7.40. The van der Waals surface area contributed by atoms with Gasteiger partial charge in [0.15, 0.2) is 0 Å². The second kappa shape index (κ2) is 5.62. The summed E-state index contributed by atoms with van der Waals surface area (Å²) in [5.41, 5.74) is 1.82. The van der Waals surface area contributed by atoms with Gasteiger partial charge in [-0.25, -0.2) is 4.68 Å². The predicted octanol–water partition coefficient (Wildman–Crippen LogP) is 4.37.